The summed E-state index contributed by atoms with van der Waals surface area (Å²) in [4.78, 5) is 14.1. The van der Waals surface area contributed by atoms with Crippen LogP contribution in [0, 0.1) is 11.3 Å². The normalized spacial score (nSPS) is 11.9. The van der Waals surface area contributed by atoms with Crippen molar-refractivity contribution in [2.75, 3.05) is 30.9 Å². The minimum Gasteiger partial charge on any atom is -0.324 e. The molecule has 0 aliphatic rings. The highest BCUT2D eigenvalue weighted by Crippen LogP contribution is 2.14. The van der Waals surface area contributed by atoms with E-state index in [1.807, 2.05) is 13.1 Å². The zero-order valence-corrected chi connectivity index (χ0v) is 13.0. The molecule has 1 aromatic rings. The largest absolute Gasteiger partial charge is 0.324 e. The summed E-state index contributed by atoms with van der Waals surface area (Å²) in [6.07, 6.45) is 3.08. The number of rotatable bonds is 7. The number of carbonyl (C=O) groups is 1. The summed E-state index contributed by atoms with van der Waals surface area (Å²) in [5, 5.41) is 11.8. The number of hydrogen-bond acceptors (Lipinski definition) is 4. The third-order valence-corrected chi connectivity index (χ3v) is 3.89. The van der Waals surface area contributed by atoms with E-state index in [9.17, 15) is 4.79 Å². The van der Waals surface area contributed by atoms with Crippen molar-refractivity contribution in [3.63, 3.8) is 0 Å². The number of likely N-dealkylation sites (N-methyl/N-ethyl adjacent to an activating group) is 1. The monoisotopic (exact) mass is 291 g/mol. The third kappa shape index (κ3) is 4.87. The Morgan fingerprint density at radius 3 is 2.80 bits per heavy atom. The lowest BCUT2D eigenvalue weighted by molar-refractivity contribution is -0.117. The summed E-state index contributed by atoms with van der Waals surface area (Å²) in [7, 11) is 1.96. The minimum absolute atomic E-state index is 0.0882. The zero-order valence-electron chi connectivity index (χ0n) is 12.2. The van der Waals surface area contributed by atoms with Crippen molar-refractivity contribution in [3.05, 3.63) is 29.8 Å². The molecule has 0 bridgehead atoms. The number of nitrogens with zero attached hydrogens (tertiary/aromatic N) is 2. The van der Waals surface area contributed by atoms with Gasteiger partial charge in [0.2, 0.25) is 5.91 Å². The molecule has 0 fully saturated rings. The van der Waals surface area contributed by atoms with Gasteiger partial charge in [-0.3, -0.25) is 9.69 Å². The number of amides is 1. The van der Waals surface area contributed by atoms with Crippen LogP contribution in [0.2, 0.25) is 0 Å². The van der Waals surface area contributed by atoms with Crippen molar-refractivity contribution in [1.82, 2.24) is 4.90 Å². The van der Waals surface area contributed by atoms with Crippen LogP contribution in [-0.4, -0.2) is 42.4 Å². The predicted octanol–water partition coefficient (Wildman–Crippen LogP) is 2.57. The fraction of sp³-hybridized carbons (Fsp3) is 0.467. The first-order valence-corrected chi connectivity index (χ1v) is 7.99. The van der Waals surface area contributed by atoms with E-state index in [1.54, 1.807) is 30.0 Å². The number of hydrogen-bond donors (Lipinski definition) is 1. The van der Waals surface area contributed by atoms with E-state index in [0.29, 0.717) is 23.8 Å². The van der Waals surface area contributed by atoms with Crippen LogP contribution in [0.4, 0.5) is 5.69 Å². The molecule has 0 aliphatic carbocycles. The fourth-order valence-electron chi connectivity index (χ4n) is 1.98. The van der Waals surface area contributed by atoms with Crippen molar-refractivity contribution >= 4 is 23.4 Å². The maximum atomic E-state index is 12.0. The Hall–Kier alpha value is -1.51. The van der Waals surface area contributed by atoms with Crippen molar-refractivity contribution < 1.29 is 4.79 Å². The first kappa shape index (κ1) is 16.5. The molecule has 4 nitrogen and oxygen atoms in total. The van der Waals surface area contributed by atoms with Crippen LogP contribution in [0.25, 0.3) is 0 Å². The van der Waals surface area contributed by atoms with Gasteiger partial charge in [0.25, 0.3) is 0 Å². The second kappa shape index (κ2) is 8.62. The number of nitriles is 1. The van der Waals surface area contributed by atoms with Gasteiger partial charge in [-0.1, -0.05) is 19.1 Å². The van der Waals surface area contributed by atoms with Gasteiger partial charge in [-0.15, -0.1) is 0 Å². The Kier molecular flexibility index (Phi) is 7.13. The molecular weight excluding hydrogens is 270 g/mol. The maximum Gasteiger partial charge on any atom is 0.238 e. The van der Waals surface area contributed by atoms with Gasteiger partial charge in [0.1, 0.15) is 6.07 Å². The SMILES string of the molecule is CCC(CSC)N(C)CC(=O)Nc1ccccc1C#N. The van der Waals surface area contributed by atoms with Crippen molar-refractivity contribution in [3.8, 4) is 6.07 Å². The second-order valence-corrected chi connectivity index (χ2v) is 5.55. The molecule has 1 amide bonds. The molecule has 1 N–H and O–H groups in total. The van der Waals surface area contributed by atoms with Crippen LogP contribution in [0.1, 0.15) is 18.9 Å². The summed E-state index contributed by atoms with van der Waals surface area (Å²) in [6, 6.07) is 9.50. The zero-order chi connectivity index (χ0) is 15.0. The average molecular weight is 291 g/mol. The van der Waals surface area contributed by atoms with E-state index in [2.05, 4.69) is 29.5 Å². The molecule has 0 saturated heterocycles. The highest BCUT2D eigenvalue weighted by atomic mass is 32.2. The average Bonchev–Trinajstić information content (AvgIpc) is 2.45. The lowest BCUT2D eigenvalue weighted by atomic mass is 10.2. The highest BCUT2D eigenvalue weighted by Gasteiger charge is 2.15. The van der Waals surface area contributed by atoms with Crippen LogP contribution in [0.3, 0.4) is 0 Å². The molecule has 108 valence electrons. The van der Waals surface area contributed by atoms with Crippen LogP contribution < -0.4 is 5.32 Å². The fourth-order valence-corrected chi connectivity index (χ4v) is 2.86. The van der Waals surface area contributed by atoms with Gasteiger partial charge in [-0.2, -0.15) is 17.0 Å². The number of thioether (sulfide) groups is 1. The van der Waals surface area contributed by atoms with Crippen molar-refractivity contribution in [2.45, 2.75) is 19.4 Å². The van der Waals surface area contributed by atoms with E-state index < -0.39 is 0 Å². The van der Waals surface area contributed by atoms with Gasteiger partial charge in [0.15, 0.2) is 0 Å². The number of anilines is 1. The number of benzene rings is 1. The summed E-state index contributed by atoms with van der Waals surface area (Å²) >= 11 is 1.78. The lowest BCUT2D eigenvalue weighted by Gasteiger charge is -2.25. The summed E-state index contributed by atoms with van der Waals surface area (Å²) < 4.78 is 0. The molecule has 1 rings (SSSR count). The Morgan fingerprint density at radius 2 is 2.20 bits per heavy atom. The molecular formula is C15H21N3OS. The van der Waals surface area contributed by atoms with E-state index in [0.717, 1.165) is 12.2 Å². The number of para-hydroxylation sites is 1. The van der Waals surface area contributed by atoms with Gasteiger partial charge in [0.05, 0.1) is 17.8 Å². The van der Waals surface area contributed by atoms with Crippen LogP contribution >= 0.6 is 11.8 Å². The van der Waals surface area contributed by atoms with E-state index in [1.165, 1.54) is 0 Å². The van der Waals surface area contributed by atoms with E-state index in [4.69, 9.17) is 5.26 Å². The first-order valence-electron chi connectivity index (χ1n) is 6.60. The molecule has 1 aromatic carbocycles. The summed E-state index contributed by atoms with van der Waals surface area (Å²) in [5.74, 6) is 0.921. The highest BCUT2D eigenvalue weighted by molar-refractivity contribution is 7.98. The molecule has 0 heterocycles. The summed E-state index contributed by atoms with van der Waals surface area (Å²) in [5.41, 5.74) is 1.06. The van der Waals surface area contributed by atoms with E-state index >= 15 is 0 Å². The van der Waals surface area contributed by atoms with Gasteiger partial charge in [-0.05, 0) is 31.9 Å². The molecule has 20 heavy (non-hydrogen) atoms. The van der Waals surface area contributed by atoms with Gasteiger partial charge < -0.3 is 5.32 Å². The molecule has 0 aromatic heterocycles. The molecule has 0 spiro atoms. The van der Waals surface area contributed by atoms with Crippen LogP contribution in [-0.2, 0) is 4.79 Å². The summed E-state index contributed by atoms with van der Waals surface area (Å²) in [6.45, 7) is 2.46. The lowest BCUT2D eigenvalue weighted by Crippen LogP contribution is -2.39. The predicted molar refractivity (Wildman–Crippen MR) is 84.9 cm³/mol. The molecule has 1 atom stereocenters. The van der Waals surface area contributed by atoms with Crippen LogP contribution in [0.5, 0.6) is 0 Å². The minimum atomic E-state index is -0.0882. The second-order valence-electron chi connectivity index (χ2n) is 4.64. The van der Waals surface area contributed by atoms with Crippen LogP contribution in [0.15, 0.2) is 24.3 Å². The molecule has 0 aliphatic heterocycles. The quantitative estimate of drug-likeness (QED) is 0.839. The van der Waals surface area contributed by atoms with Crippen molar-refractivity contribution in [1.29, 1.82) is 5.26 Å². The Bertz CT molecular complexity index is 484. The Labute approximate surface area is 125 Å². The number of carbonyl (C=O) groups excluding carboxylic acids is 1. The maximum absolute atomic E-state index is 12.0. The topological polar surface area (TPSA) is 56.1 Å². The van der Waals surface area contributed by atoms with Crippen molar-refractivity contribution in [2.24, 2.45) is 0 Å². The Balaban J connectivity index is 2.61. The third-order valence-electron chi connectivity index (χ3n) is 3.17. The molecule has 1 unspecified atom stereocenters. The first-order chi connectivity index (χ1) is 9.62. The smallest absolute Gasteiger partial charge is 0.238 e. The van der Waals surface area contributed by atoms with Gasteiger partial charge in [-0.25, -0.2) is 0 Å². The molecule has 0 saturated carbocycles. The molecule has 5 heteroatoms. The molecule has 0 radical (unpaired) electrons. The van der Waals surface area contributed by atoms with Gasteiger partial charge in [0, 0.05) is 11.8 Å². The number of nitrogens with one attached hydrogen (secondary N) is 1. The standard InChI is InChI=1S/C15H21N3OS/c1-4-13(11-20-3)18(2)10-15(19)17-14-8-6-5-7-12(14)9-16/h5-8,13H,4,10-11H2,1-3H3,(H,17,19). The van der Waals surface area contributed by atoms with E-state index in [-0.39, 0.29) is 5.91 Å². The van der Waals surface area contributed by atoms with Gasteiger partial charge >= 0.3 is 0 Å². The Morgan fingerprint density at radius 1 is 1.50 bits per heavy atom.